The van der Waals surface area contributed by atoms with E-state index >= 15 is 0 Å². The van der Waals surface area contributed by atoms with Crippen molar-refractivity contribution in [3.05, 3.63) is 53.6 Å². The Morgan fingerprint density at radius 2 is 1.87 bits per heavy atom. The third-order valence-corrected chi connectivity index (χ3v) is 4.39. The summed E-state index contributed by atoms with van der Waals surface area (Å²) in [6, 6.07) is 13.8. The van der Waals surface area contributed by atoms with E-state index in [0.717, 1.165) is 48.1 Å². The molecule has 0 saturated carbocycles. The van der Waals surface area contributed by atoms with E-state index in [1.165, 1.54) is 12.5 Å². The van der Waals surface area contributed by atoms with E-state index in [1.807, 2.05) is 43.3 Å². The molecule has 1 amide bonds. The molecule has 2 rings (SSSR count). The van der Waals surface area contributed by atoms with E-state index in [9.17, 15) is 4.79 Å². The average molecular weight is 540 g/mol. The predicted octanol–water partition coefficient (Wildman–Crippen LogP) is 3.97. The fourth-order valence-electron chi connectivity index (χ4n) is 3.01. The number of ether oxygens (including phenoxy) is 2. The van der Waals surface area contributed by atoms with Crippen molar-refractivity contribution in [3.8, 4) is 11.5 Å². The molecule has 0 bridgehead atoms. The Morgan fingerprint density at radius 3 is 2.55 bits per heavy atom. The van der Waals surface area contributed by atoms with Crippen molar-refractivity contribution in [3.63, 3.8) is 0 Å². The summed E-state index contributed by atoms with van der Waals surface area (Å²) in [7, 11) is 3.40. The van der Waals surface area contributed by atoms with Crippen LogP contribution >= 0.6 is 24.0 Å². The Bertz CT molecular complexity index is 858. The van der Waals surface area contributed by atoms with Crippen LogP contribution in [0.25, 0.3) is 0 Å². The minimum Gasteiger partial charge on any atom is -0.493 e. The lowest BCUT2D eigenvalue weighted by Crippen LogP contribution is -2.37. The Kier molecular flexibility index (Phi) is 12.4. The van der Waals surface area contributed by atoms with Gasteiger partial charge in [0.25, 0.3) is 0 Å². The zero-order valence-electron chi connectivity index (χ0n) is 18.7. The van der Waals surface area contributed by atoms with Crippen LogP contribution < -0.4 is 25.4 Å². The third kappa shape index (κ3) is 9.46. The number of benzene rings is 2. The standard InChI is InChI=1S/C23H32N4O3.HI/c1-5-30-22-15-18(11-12-21(22)29-4)9-7-13-25-23(24-3)26-16-19-8-6-10-20(14-19)27-17(2)28;/h6,8,10-12,14-15H,5,7,9,13,16H2,1-4H3,(H,27,28)(H2,24,25,26);1H. The fraction of sp³-hybridized carbons (Fsp3) is 0.391. The molecule has 2 aromatic rings. The molecule has 31 heavy (non-hydrogen) atoms. The van der Waals surface area contributed by atoms with Crippen LogP contribution in [0.1, 0.15) is 31.4 Å². The zero-order valence-corrected chi connectivity index (χ0v) is 21.0. The van der Waals surface area contributed by atoms with Gasteiger partial charge in [-0.1, -0.05) is 18.2 Å². The number of anilines is 1. The average Bonchev–Trinajstić information content (AvgIpc) is 2.73. The molecular formula is C23H33IN4O3. The van der Waals surface area contributed by atoms with Crippen LogP contribution in [-0.4, -0.2) is 39.2 Å². The molecule has 0 saturated heterocycles. The molecule has 0 aliphatic heterocycles. The molecule has 0 fully saturated rings. The lowest BCUT2D eigenvalue weighted by Gasteiger charge is -2.13. The first-order chi connectivity index (χ1) is 14.5. The van der Waals surface area contributed by atoms with E-state index < -0.39 is 0 Å². The summed E-state index contributed by atoms with van der Waals surface area (Å²) in [6.45, 7) is 5.48. The fourth-order valence-corrected chi connectivity index (χ4v) is 3.01. The molecule has 0 aliphatic carbocycles. The summed E-state index contributed by atoms with van der Waals surface area (Å²) in [5, 5.41) is 9.42. The predicted molar refractivity (Wildman–Crippen MR) is 137 cm³/mol. The second-order valence-corrected chi connectivity index (χ2v) is 6.76. The highest BCUT2D eigenvalue weighted by Gasteiger charge is 2.06. The maximum absolute atomic E-state index is 11.2. The largest absolute Gasteiger partial charge is 0.493 e. The van der Waals surface area contributed by atoms with Gasteiger partial charge in [0, 0.05) is 32.7 Å². The number of carbonyl (C=O) groups is 1. The number of hydrogen-bond acceptors (Lipinski definition) is 4. The first-order valence-corrected chi connectivity index (χ1v) is 10.2. The number of guanidine groups is 1. The summed E-state index contributed by atoms with van der Waals surface area (Å²) < 4.78 is 11.0. The van der Waals surface area contributed by atoms with Crippen molar-refractivity contribution in [1.29, 1.82) is 0 Å². The Morgan fingerprint density at radius 1 is 1.06 bits per heavy atom. The number of amides is 1. The molecule has 8 heteroatoms. The van der Waals surface area contributed by atoms with Crippen LogP contribution in [0.3, 0.4) is 0 Å². The van der Waals surface area contributed by atoms with Crippen molar-refractivity contribution < 1.29 is 14.3 Å². The SMILES string of the molecule is CCOc1cc(CCCNC(=NC)NCc2cccc(NC(C)=O)c2)ccc1OC.I. The van der Waals surface area contributed by atoms with Gasteiger partial charge in [0.15, 0.2) is 17.5 Å². The summed E-state index contributed by atoms with van der Waals surface area (Å²) in [4.78, 5) is 15.5. The normalized spacial score (nSPS) is 10.6. The molecule has 2 aromatic carbocycles. The quantitative estimate of drug-likeness (QED) is 0.184. The van der Waals surface area contributed by atoms with Gasteiger partial charge in [-0.2, -0.15) is 0 Å². The summed E-state index contributed by atoms with van der Waals surface area (Å²) in [5.74, 6) is 2.20. The molecule has 0 spiro atoms. The van der Waals surface area contributed by atoms with Crippen LogP contribution in [0.5, 0.6) is 11.5 Å². The molecule has 7 nitrogen and oxygen atoms in total. The van der Waals surface area contributed by atoms with Gasteiger partial charge in [0.05, 0.1) is 13.7 Å². The molecular weight excluding hydrogens is 507 g/mol. The Labute approximate surface area is 202 Å². The highest BCUT2D eigenvalue weighted by atomic mass is 127. The molecule has 3 N–H and O–H groups in total. The number of aliphatic imine (C=N–C) groups is 1. The van der Waals surface area contributed by atoms with Crippen LogP contribution in [0.2, 0.25) is 0 Å². The minimum atomic E-state index is -0.0807. The first kappa shape index (κ1) is 26.5. The van der Waals surface area contributed by atoms with Gasteiger partial charge < -0.3 is 25.4 Å². The number of methoxy groups -OCH3 is 1. The molecule has 0 unspecified atom stereocenters. The van der Waals surface area contributed by atoms with Crippen LogP contribution in [0.15, 0.2) is 47.5 Å². The van der Waals surface area contributed by atoms with E-state index in [1.54, 1.807) is 14.2 Å². The van der Waals surface area contributed by atoms with Gasteiger partial charge in [-0.25, -0.2) is 0 Å². The molecule has 170 valence electrons. The number of hydrogen-bond donors (Lipinski definition) is 3. The van der Waals surface area contributed by atoms with Crippen molar-refractivity contribution in [2.45, 2.75) is 33.2 Å². The van der Waals surface area contributed by atoms with E-state index in [2.05, 4.69) is 27.0 Å². The maximum Gasteiger partial charge on any atom is 0.221 e. The number of carbonyl (C=O) groups excluding carboxylic acids is 1. The highest BCUT2D eigenvalue weighted by molar-refractivity contribution is 14.0. The maximum atomic E-state index is 11.2. The number of halogens is 1. The van der Waals surface area contributed by atoms with Gasteiger partial charge >= 0.3 is 0 Å². The second-order valence-electron chi connectivity index (χ2n) is 6.76. The molecule has 0 radical (unpaired) electrons. The highest BCUT2D eigenvalue weighted by Crippen LogP contribution is 2.28. The monoisotopic (exact) mass is 540 g/mol. The molecule has 0 aliphatic rings. The van der Waals surface area contributed by atoms with Gasteiger partial charge in [-0.3, -0.25) is 9.79 Å². The number of rotatable bonds is 10. The van der Waals surface area contributed by atoms with Gasteiger partial charge in [0.2, 0.25) is 5.91 Å². The van der Waals surface area contributed by atoms with Crippen molar-refractivity contribution >= 4 is 41.5 Å². The number of nitrogens with one attached hydrogen (secondary N) is 3. The second kappa shape index (κ2) is 14.5. The zero-order chi connectivity index (χ0) is 21.8. The van der Waals surface area contributed by atoms with Crippen LogP contribution in [-0.2, 0) is 17.8 Å². The van der Waals surface area contributed by atoms with E-state index in [4.69, 9.17) is 9.47 Å². The summed E-state index contributed by atoms with van der Waals surface area (Å²) >= 11 is 0. The van der Waals surface area contributed by atoms with Crippen molar-refractivity contribution in [1.82, 2.24) is 10.6 Å². The van der Waals surface area contributed by atoms with Gasteiger partial charge in [0.1, 0.15) is 0 Å². The smallest absolute Gasteiger partial charge is 0.221 e. The van der Waals surface area contributed by atoms with Crippen LogP contribution in [0, 0.1) is 0 Å². The van der Waals surface area contributed by atoms with Crippen molar-refractivity contribution in [2.75, 3.05) is 32.6 Å². The van der Waals surface area contributed by atoms with Gasteiger partial charge in [-0.05, 0) is 55.2 Å². The minimum absolute atomic E-state index is 0. The topological polar surface area (TPSA) is 84.0 Å². The summed E-state index contributed by atoms with van der Waals surface area (Å²) in [6.07, 6.45) is 1.88. The molecule has 0 heterocycles. The van der Waals surface area contributed by atoms with Crippen molar-refractivity contribution in [2.24, 2.45) is 4.99 Å². The molecule has 0 aromatic heterocycles. The first-order valence-electron chi connectivity index (χ1n) is 10.2. The molecule has 0 atom stereocenters. The van der Waals surface area contributed by atoms with E-state index in [-0.39, 0.29) is 29.9 Å². The summed E-state index contributed by atoms with van der Waals surface area (Å²) in [5.41, 5.74) is 3.06. The number of aryl methyl sites for hydroxylation is 1. The lowest BCUT2D eigenvalue weighted by atomic mass is 10.1. The third-order valence-electron chi connectivity index (χ3n) is 4.39. The van der Waals surface area contributed by atoms with Crippen LogP contribution in [0.4, 0.5) is 5.69 Å². The Hall–Kier alpha value is -2.49. The number of nitrogens with zero attached hydrogens (tertiary/aromatic N) is 1. The van der Waals surface area contributed by atoms with Gasteiger partial charge in [-0.15, -0.1) is 24.0 Å². The van der Waals surface area contributed by atoms with E-state index in [0.29, 0.717) is 13.2 Å². The Balaban J connectivity index is 0.00000480. The lowest BCUT2D eigenvalue weighted by molar-refractivity contribution is -0.114.